The van der Waals surface area contributed by atoms with Crippen molar-refractivity contribution >= 4 is 16.5 Å². The Hall–Kier alpha value is -1.57. The molecule has 0 spiro atoms. The molecule has 0 heterocycles. The Morgan fingerprint density at radius 3 is 2.58 bits per heavy atom. The molecule has 0 amide bonds. The maximum atomic E-state index is 12.9. The summed E-state index contributed by atoms with van der Waals surface area (Å²) in [7, 11) is 0. The van der Waals surface area contributed by atoms with Crippen LogP contribution in [-0.2, 0) is 0 Å². The summed E-state index contributed by atoms with van der Waals surface area (Å²) in [6, 6.07) is 10.3. The summed E-state index contributed by atoms with van der Waals surface area (Å²) in [5.41, 5.74) is 7.39. The lowest BCUT2D eigenvalue weighted by Gasteiger charge is -2.00. The molecule has 0 fully saturated rings. The molecule has 59 valence electrons. The zero-order chi connectivity index (χ0) is 8.55. The average Bonchev–Trinajstić information content (AvgIpc) is 2.12. The largest absolute Gasteiger partial charge is 0.297 e. The molecule has 0 aliphatic carbocycles. The van der Waals surface area contributed by atoms with Gasteiger partial charge in [-0.2, -0.15) is 0 Å². The number of nitrogens with one attached hydrogen (secondary N) is 1. The van der Waals surface area contributed by atoms with E-state index >= 15 is 0 Å². The Kier molecular flexibility index (Phi) is 1.47. The van der Waals surface area contributed by atoms with E-state index in [2.05, 4.69) is 0 Å². The number of hydrogen-bond acceptors (Lipinski definition) is 0. The van der Waals surface area contributed by atoms with Gasteiger partial charge in [-0.1, -0.05) is 30.3 Å². The van der Waals surface area contributed by atoms with Crippen LogP contribution >= 0.6 is 0 Å². The molecule has 0 aliphatic heterocycles. The molecule has 0 aromatic heterocycles. The van der Waals surface area contributed by atoms with Crippen molar-refractivity contribution in [1.29, 1.82) is 0 Å². The van der Waals surface area contributed by atoms with Crippen molar-refractivity contribution in [3.63, 3.8) is 0 Å². The highest BCUT2D eigenvalue weighted by molar-refractivity contribution is 5.91. The van der Waals surface area contributed by atoms with Crippen LogP contribution in [0.4, 0.5) is 10.1 Å². The molecule has 1 nitrogen and oxygen atoms in total. The SMILES string of the molecule is [NH]c1c(F)ccc2ccccc12. The van der Waals surface area contributed by atoms with Gasteiger partial charge < -0.3 is 0 Å². The van der Waals surface area contributed by atoms with Gasteiger partial charge in [-0.3, -0.25) is 5.73 Å². The predicted octanol–water partition coefficient (Wildman–Crippen LogP) is 2.89. The lowest BCUT2D eigenvalue weighted by Crippen LogP contribution is -1.81. The van der Waals surface area contributed by atoms with Crippen LogP contribution in [0.2, 0.25) is 0 Å². The Bertz CT molecular complexity index is 423. The molecular formula is C10H7FN. The molecule has 0 bridgehead atoms. The van der Waals surface area contributed by atoms with Gasteiger partial charge in [0.15, 0.2) is 0 Å². The van der Waals surface area contributed by atoms with Gasteiger partial charge in [-0.15, -0.1) is 0 Å². The van der Waals surface area contributed by atoms with E-state index in [1.165, 1.54) is 6.07 Å². The summed E-state index contributed by atoms with van der Waals surface area (Å²) in [4.78, 5) is 0. The maximum absolute atomic E-state index is 12.9. The number of halogens is 1. The fourth-order valence-corrected chi connectivity index (χ4v) is 1.24. The van der Waals surface area contributed by atoms with Gasteiger partial charge in [0.1, 0.15) is 5.82 Å². The van der Waals surface area contributed by atoms with Crippen LogP contribution in [0.15, 0.2) is 36.4 Å². The first-order valence-electron chi connectivity index (χ1n) is 3.68. The van der Waals surface area contributed by atoms with Crippen molar-refractivity contribution in [3.8, 4) is 0 Å². The topological polar surface area (TPSA) is 23.8 Å². The molecule has 0 saturated carbocycles. The molecular weight excluding hydrogens is 153 g/mol. The lowest BCUT2D eigenvalue weighted by molar-refractivity contribution is 0.630. The van der Waals surface area contributed by atoms with Crippen molar-refractivity contribution in [1.82, 2.24) is 5.73 Å². The molecule has 2 aromatic carbocycles. The van der Waals surface area contributed by atoms with Crippen molar-refractivity contribution in [2.45, 2.75) is 0 Å². The van der Waals surface area contributed by atoms with E-state index in [4.69, 9.17) is 5.73 Å². The quantitative estimate of drug-likeness (QED) is 0.565. The standard InChI is InChI=1S/C10H7FN/c11-9-6-5-7-3-1-2-4-8(7)10(9)12/h1-6,12H. The van der Waals surface area contributed by atoms with Crippen molar-refractivity contribution in [2.75, 3.05) is 0 Å². The molecule has 0 atom stereocenters. The highest BCUT2D eigenvalue weighted by Gasteiger charge is 2.02. The van der Waals surface area contributed by atoms with Gasteiger partial charge in [0.25, 0.3) is 0 Å². The highest BCUT2D eigenvalue weighted by atomic mass is 19.1. The number of rotatable bonds is 0. The summed E-state index contributed by atoms with van der Waals surface area (Å²) in [5, 5.41) is 1.57. The van der Waals surface area contributed by atoms with E-state index in [9.17, 15) is 4.39 Å². The second-order valence-electron chi connectivity index (χ2n) is 2.64. The normalized spacial score (nSPS) is 10.4. The Morgan fingerprint density at radius 2 is 1.75 bits per heavy atom. The molecule has 2 aromatic rings. The zero-order valence-corrected chi connectivity index (χ0v) is 6.34. The van der Waals surface area contributed by atoms with Gasteiger partial charge in [0.05, 0.1) is 5.69 Å². The van der Waals surface area contributed by atoms with E-state index < -0.39 is 5.82 Å². The molecule has 0 saturated heterocycles. The molecule has 1 N–H and O–H groups in total. The Labute approximate surface area is 69.6 Å². The maximum Gasteiger partial charge on any atom is 0.148 e. The van der Waals surface area contributed by atoms with Crippen LogP contribution in [0.3, 0.4) is 0 Å². The van der Waals surface area contributed by atoms with Crippen LogP contribution in [0.25, 0.3) is 10.8 Å². The zero-order valence-electron chi connectivity index (χ0n) is 6.34. The van der Waals surface area contributed by atoms with E-state index in [-0.39, 0.29) is 5.69 Å². The van der Waals surface area contributed by atoms with E-state index in [1.807, 2.05) is 12.1 Å². The van der Waals surface area contributed by atoms with Gasteiger partial charge in [0.2, 0.25) is 0 Å². The lowest BCUT2D eigenvalue weighted by atomic mass is 10.1. The van der Waals surface area contributed by atoms with E-state index in [0.29, 0.717) is 5.39 Å². The first-order chi connectivity index (χ1) is 5.79. The van der Waals surface area contributed by atoms with Crippen LogP contribution in [0.5, 0.6) is 0 Å². The molecule has 1 radical (unpaired) electrons. The Morgan fingerprint density at radius 1 is 1.00 bits per heavy atom. The van der Waals surface area contributed by atoms with Crippen molar-refractivity contribution < 1.29 is 4.39 Å². The summed E-state index contributed by atoms with van der Waals surface area (Å²) in [6.07, 6.45) is 0. The van der Waals surface area contributed by atoms with Crippen LogP contribution in [-0.4, -0.2) is 0 Å². The molecule has 2 heteroatoms. The fourth-order valence-electron chi connectivity index (χ4n) is 1.24. The van der Waals surface area contributed by atoms with E-state index in [1.54, 1.807) is 18.2 Å². The Balaban J connectivity index is 2.91. The smallest absolute Gasteiger partial charge is 0.148 e. The predicted molar refractivity (Wildman–Crippen MR) is 46.7 cm³/mol. The third kappa shape index (κ3) is 0.925. The van der Waals surface area contributed by atoms with Gasteiger partial charge in [-0.25, -0.2) is 4.39 Å². The first kappa shape index (κ1) is 7.10. The van der Waals surface area contributed by atoms with Gasteiger partial charge >= 0.3 is 0 Å². The number of benzene rings is 2. The van der Waals surface area contributed by atoms with Gasteiger partial charge in [-0.05, 0) is 11.5 Å². The molecule has 0 unspecified atom stereocenters. The third-order valence-corrected chi connectivity index (χ3v) is 1.88. The minimum Gasteiger partial charge on any atom is -0.297 e. The van der Waals surface area contributed by atoms with Crippen molar-refractivity contribution in [3.05, 3.63) is 42.2 Å². The summed E-state index contributed by atoms with van der Waals surface area (Å²) < 4.78 is 12.9. The van der Waals surface area contributed by atoms with Gasteiger partial charge in [0, 0.05) is 5.39 Å². The first-order valence-corrected chi connectivity index (χ1v) is 3.68. The molecule has 12 heavy (non-hydrogen) atoms. The van der Waals surface area contributed by atoms with E-state index in [0.717, 1.165) is 5.39 Å². The molecule has 0 aliphatic rings. The number of fused-ring (bicyclic) bond motifs is 1. The minimum atomic E-state index is -0.464. The minimum absolute atomic E-state index is 0.0203. The van der Waals surface area contributed by atoms with Crippen molar-refractivity contribution in [2.24, 2.45) is 0 Å². The molecule has 2 rings (SSSR count). The van der Waals surface area contributed by atoms with Crippen LogP contribution in [0.1, 0.15) is 0 Å². The highest BCUT2D eigenvalue weighted by Crippen LogP contribution is 2.24. The second kappa shape index (κ2) is 2.48. The summed E-state index contributed by atoms with van der Waals surface area (Å²) in [6.45, 7) is 0. The number of hydrogen-bond donors (Lipinski definition) is 0. The summed E-state index contributed by atoms with van der Waals surface area (Å²) in [5.74, 6) is -0.464. The summed E-state index contributed by atoms with van der Waals surface area (Å²) >= 11 is 0. The fraction of sp³-hybridized carbons (Fsp3) is 0. The second-order valence-corrected chi connectivity index (χ2v) is 2.64. The van der Waals surface area contributed by atoms with Crippen LogP contribution < -0.4 is 5.73 Å². The monoisotopic (exact) mass is 160 g/mol. The average molecular weight is 160 g/mol. The van der Waals surface area contributed by atoms with Crippen LogP contribution in [0, 0.1) is 5.82 Å². The third-order valence-electron chi connectivity index (χ3n) is 1.88.